The molecular formula is C9H7FO4. The smallest absolute Gasteiger partial charge is 0.343 e. The van der Waals surface area contributed by atoms with Crippen molar-refractivity contribution in [3.8, 4) is 11.5 Å². The van der Waals surface area contributed by atoms with Crippen molar-refractivity contribution in [3.63, 3.8) is 0 Å². The van der Waals surface area contributed by atoms with Crippen molar-refractivity contribution in [2.75, 3.05) is 6.79 Å². The predicted molar refractivity (Wildman–Crippen MR) is 44.0 cm³/mol. The van der Waals surface area contributed by atoms with Crippen molar-refractivity contribution < 1.29 is 23.8 Å². The van der Waals surface area contributed by atoms with Crippen molar-refractivity contribution in [2.45, 2.75) is 6.17 Å². The van der Waals surface area contributed by atoms with Crippen LogP contribution < -0.4 is 9.47 Å². The number of halogens is 1. The van der Waals surface area contributed by atoms with E-state index in [2.05, 4.69) is 0 Å². The highest BCUT2D eigenvalue weighted by Crippen LogP contribution is 2.39. The minimum atomic E-state index is -2.08. The predicted octanol–water partition coefficient (Wildman–Crippen LogP) is 1.51. The van der Waals surface area contributed by atoms with Crippen LogP contribution in [0.2, 0.25) is 0 Å². The third kappa shape index (κ3) is 1.26. The van der Waals surface area contributed by atoms with Gasteiger partial charge in [-0.1, -0.05) is 12.1 Å². The summed E-state index contributed by atoms with van der Waals surface area (Å²) in [5.41, 5.74) is -0.00694. The molecule has 0 saturated carbocycles. The molecule has 1 heterocycles. The summed E-state index contributed by atoms with van der Waals surface area (Å²) < 4.78 is 23.1. The second-order valence-electron chi connectivity index (χ2n) is 2.78. The molecule has 1 unspecified atom stereocenters. The average Bonchev–Trinajstić information content (AvgIpc) is 2.63. The van der Waals surface area contributed by atoms with Crippen LogP contribution in [-0.4, -0.2) is 17.9 Å². The fourth-order valence-electron chi connectivity index (χ4n) is 1.29. The molecule has 5 heteroatoms. The molecule has 1 N–H and O–H groups in total. The zero-order valence-electron chi connectivity index (χ0n) is 7.07. The van der Waals surface area contributed by atoms with E-state index in [1.54, 1.807) is 6.07 Å². The zero-order valence-corrected chi connectivity index (χ0v) is 7.07. The first-order chi connectivity index (χ1) is 6.70. The highest BCUT2D eigenvalue weighted by atomic mass is 19.1. The van der Waals surface area contributed by atoms with Gasteiger partial charge in [0.05, 0.1) is 0 Å². The van der Waals surface area contributed by atoms with Crippen molar-refractivity contribution >= 4 is 5.97 Å². The number of aliphatic carboxylic acids is 1. The molecule has 0 radical (unpaired) electrons. The zero-order chi connectivity index (χ0) is 10.1. The van der Waals surface area contributed by atoms with Crippen LogP contribution in [0, 0.1) is 0 Å². The molecule has 0 fully saturated rings. The molecule has 0 saturated heterocycles. The molecule has 1 atom stereocenters. The van der Waals surface area contributed by atoms with Gasteiger partial charge in [-0.2, -0.15) is 0 Å². The summed E-state index contributed by atoms with van der Waals surface area (Å²) in [6.45, 7) is -0.00130. The fourth-order valence-corrected chi connectivity index (χ4v) is 1.29. The van der Waals surface area contributed by atoms with Gasteiger partial charge in [-0.15, -0.1) is 0 Å². The van der Waals surface area contributed by atoms with E-state index in [9.17, 15) is 9.18 Å². The summed E-state index contributed by atoms with van der Waals surface area (Å²) in [5, 5.41) is 8.50. The molecule has 1 aliphatic heterocycles. The van der Waals surface area contributed by atoms with E-state index in [4.69, 9.17) is 14.6 Å². The van der Waals surface area contributed by atoms with Gasteiger partial charge in [-0.3, -0.25) is 0 Å². The number of benzene rings is 1. The topological polar surface area (TPSA) is 55.8 Å². The van der Waals surface area contributed by atoms with E-state index in [0.29, 0.717) is 5.75 Å². The Balaban J connectivity index is 2.44. The van der Waals surface area contributed by atoms with Gasteiger partial charge in [0, 0.05) is 5.56 Å². The maximum Gasteiger partial charge on any atom is 0.343 e. The molecule has 0 aliphatic carbocycles. The number of fused-ring (bicyclic) bond motifs is 1. The minimum Gasteiger partial charge on any atom is -0.479 e. The molecular weight excluding hydrogens is 191 g/mol. The van der Waals surface area contributed by atoms with Crippen LogP contribution in [0.25, 0.3) is 0 Å². The van der Waals surface area contributed by atoms with Gasteiger partial charge >= 0.3 is 5.97 Å². The van der Waals surface area contributed by atoms with Crippen LogP contribution in [0.5, 0.6) is 11.5 Å². The second-order valence-corrected chi connectivity index (χ2v) is 2.78. The number of carbonyl (C=O) groups is 1. The first kappa shape index (κ1) is 8.80. The van der Waals surface area contributed by atoms with Crippen molar-refractivity contribution in [2.24, 2.45) is 0 Å². The summed E-state index contributed by atoms with van der Waals surface area (Å²) in [5.74, 6) is -0.970. The molecule has 0 spiro atoms. The third-order valence-corrected chi connectivity index (χ3v) is 1.92. The molecule has 0 aromatic heterocycles. The van der Waals surface area contributed by atoms with Gasteiger partial charge in [0.1, 0.15) is 0 Å². The average molecular weight is 198 g/mol. The van der Waals surface area contributed by atoms with Crippen LogP contribution in [0.3, 0.4) is 0 Å². The summed E-state index contributed by atoms with van der Waals surface area (Å²) in [6, 6.07) is 4.49. The van der Waals surface area contributed by atoms with Crippen molar-refractivity contribution in [3.05, 3.63) is 23.8 Å². The van der Waals surface area contributed by atoms with E-state index in [1.807, 2.05) is 0 Å². The summed E-state index contributed by atoms with van der Waals surface area (Å²) >= 11 is 0. The molecule has 0 amide bonds. The quantitative estimate of drug-likeness (QED) is 0.782. The molecule has 4 nitrogen and oxygen atoms in total. The number of rotatable bonds is 2. The Hall–Kier alpha value is -1.78. The Bertz CT molecular complexity index is 377. The molecule has 74 valence electrons. The maximum atomic E-state index is 13.2. The van der Waals surface area contributed by atoms with Crippen LogP contribution in [-0.2, 0) is 4.79 Å². The molecule has 14 heavy (non-hydrogen) atoms. The van der Waals surface area contributed by atoms with E-state index >= 15 is 0 Å². The minimum absolute atomic E-state index is 0.00130. The Kier molecular flexibility index (Phi) is 1.99. The molecule has 1 aliphatic rings. The SMILES string of the molecule is O=C(O)C(F)c1cccc2c1OCO2. The van der Waals surface area contributed by atoms with Gasteiger partial charge in [0.15, 0.2) is 11.5 Å². The highest BCUT2D eigenvalue weighted by Gasteiger charge is 2.27. The van der Waals surface area contributed by atoms with E-state index < -0.39 is 12.1 Å². The molecule has 1 aromatic carbocycles. The van der Waals surface area contributed by atoms with E-state index in [0.717, 1.165) is 0 Å². The normalized spacial score (nSPS) is 15.2. The van der Waals surface area contributed by atoms with Gasteiger partial charge in [-0.25, -0.2) is 9.18 Å². The van der Waals surface area contributed by atoms with Crippen LogP contribution >= 0.6 is 0 Å². The van der Waals surface area contributed by atoms with Gasteiger partial charge in [0.25, 0.3) is 0 Å². The Morgan fingerprint density at radius 3 is 3.00 bits per heavy atom. The van der Waals surface area contributed by atoms with Crippen LogP contribution in [0.1, 0.15) is 11.7 Å². The van der Waals surface area contributed by atoms with Crippen molar-refractivity contribution in [1.82, 2.24) is 0 Å². The first-order valence-corrected chi connectivity index (χ1v) is 3.95. The van der Waals surface area contributed by atoms with Gasteiger partial charge < -0.3 is 14.6 Å². The van der Waals surface area contributed by atoms with Gasteiger partial charge in [-0.05, 0) is 6.07 Å². The lowest BCUT2D eigenvalue weighted by molar-refractivity contribution is -0.143. The lowest BCUT2D eigenvalue weighted by Crippen LogP contribution is -2.06. The fraction of sp³-hybridized carbons (Fsp3) is 0.222. The molecule has 2 rings (SSSR count). The summed E-state index contributed by atoms with van der Waals surface area (Å²) in [6.07, 6.45) is -2.08. The number of hydrogen-bond acceptors (Lipinski definition) is 3. The number of para-hydroxylation sites is 1. The van der Waals surface area contributed by atoms with Gasteiger partial charge in [0.2, 0.25) is 13.0 Å². The summed E-state index contributed by atoms with van der Waals surface area (Å²) in [7, 11) is 0. The largest absolute Gasteiger partial charge is 0.479 e. The molecule has 1 aromatic rings. The summed E-state index contributed by atoms with van der Waals surface area (Å²) in [4.78, 5) is 10.4. The third-order valence-electron chi connectivity index (χ3n) is 1.92. The lowest BCUT2D eigenvalue weighted by Gasteiger charge is -2.06. The Morgan fingerprint density at radius 1 is 1.50 bits per heavy atom. The van der Waals surface area contributed by atoms with Crippen molar-refractivity contribution in [1.29, 1.82) is 0 Å². The number of ether oxygens (including phenoxy) is 2. The number of carboxylic acid groups (broad SMARTS) is 1. The standard InChI is InChI=1S/C9H7FO4/c10-7(9(11)12)5-2-1-3-6-8(5)14-4-13-6/h1-3,7H,4H2,(H,11,12). The second kappa shape index (κ2) is 3.17. The monoisotopic (exact) mass is 198 g/mol. The van der Waals surface area contributed by atoms with Crippen LogP contribution in [0.15, 0.2) is 18.2 Å². The maximum absolute atomic E-state index is 13.2. The van der Waals surface area contributed by atoms with E-state index in [1.165, 1.54) is 12.1 Å². The lowest BCUT2D eigenvalue weighted by atomic mass is 10.1. The number of carboxylic acids is 1. The Labute approximate surface area is 78.9 Å². The number of alkyl halides is 1. The molecule has 0 bridgehead atoms. The van der Waals surface area contributed by atoms with Crippen LogP contribution in [0.4, 0.5) is 4.39 Å². The van der Waals surface area contributed by atoms with E-state index in [-0.39, 0.29) is 18.1 Å². The Morgan fingerprint density at radius 2 is 2.29 bits per heavy atom. The number of hydrogen-bond donors (Lipinski definition) is 1. The highest BCUT2D eigenvalue weighted by molar-refractivity contribution is 5.76. The first-order valence-electron chi connectivity index (χ1n) is 3.95.